The maximum Gasteiger partial charge on any atom is 0.315 e. The van der Waals surface area contributed by atoms with Crippen molar-refractivity contribution in [2.75, 3.05) is 32.1 Å². The zero-order valence-electron chi connectivity index (χ0n) is 16.9. The number of thioether (sulfide) groups is 1. The lowest BCUT2D eigenvalue weighted by atomic mass is 10.0. The summed E-state index contributed by atoms with van der Waals surface area (Å²) in [5.41, 5.74) is 1.20. The van der Waals surface area contributed by atoms with Gasteiger partial charge in [0.2, 0.25) is 5.91 Å². The molecule has 7 nitrogen and oxygen atoms in total. The highest BCUT2D eigenvalue weighted by Gasteiger charge is 2.42. The van der Waals surface area contributed by atoms with E-state index in [0.717, 1.165) is 30.8 Å². The Kier molecular flexibility index (Phi) is 8.49. The number of carbonyl (C=O) groups excluding carboxylic acids is 2. The molecule has 0 aromatic heterocycles. The van der Waals surface area contributed by atoms with Crippen molar-refractivity contribution < 1.29 is 19.1 Å². The summed E-state index contributed by atoms with van der Waals surface area (Å²) in [6.07, 6.45) is 3.43. The Balaban J connectivity index is 1.14. The van der Waals surface area contributed by atoms with Crippen LogP contribution in [0, 0.1) is 6.92 Å². The smallest absolute Gasteiger partial charge is 0.315 e. The van der Waals surface area contributed by atoms with Gasteiger partial charge in [0.05, 0.1) is 25.3 Å². The van der Waals surface area contributed by atoms with Gasteiger partial charge in [-0.15, -0.1) is 0 Å². The Morgan fingerprint density at radius 1 is 1.17 bits per heavy atom. The summed E-state index contributed by atoms with van der Waals surface area (Å²) in [4.78, 5) is 23.3. The number of ether oxygens (including phenoxy) is 2. The molecule has 1 aromatic rings. The average Bonchev–Trinajstić information content (AvgIpc) is 3.25. The molecule has 0 radical (unpaired) electrons. The normalized spacial score (nSPS) is 22.7. The van der Waals surface area contributed by atoms with E-state index in [1.807, 2.05) is 43.0 Å². The number of urea groups is 1. The van der Waals surface area contributed by atoms with E-state index in [2.05, 4.69) is 16.0 Å². The van der Waals surface area contributed by atoms with Crippen molar-refractivity contribution in [3.63, 3.8) is 0 Å². The number of hydrogen-bond acceptors (Lipinski definition) is 5. The van der Waals surface area contributed by atoms with Crippen LogP contribution >= 0.6 is 11.8 Å². The third-order valence-electron chi connectivity index (χ3n) is 5.17. The number of fused-ring (bicyclic) bond motifs is 1. The zero-order valence-corrected chi connectivity index (χ0v) is 17.8. The topological polar surface area (TPSA) is 88.7 Å². The minimum Gasteiger partial charge on any atom is -0.491 e. The molecule has 2 saturated heterocycles. The van der Waals surface area contributed by atoms with Gasteiger partial charge in [-0.05, 0) is 31.9 Å². The molecule has 2 aliphatic rings. The molecular formula is C21H31N3O4S. The van der Waals surface area contributed by atoms with Crippen LogP contribution in [-0.4, -0.2) is 61.4 Å². The molecule has 0 aliphatic carbocycles. The summed E-state index contributed by atoms with van der Waals surface area (Å²) in [7, 11) is 0. The van der Waals surface area contributed by atoms with Gasteiger partial charge in [-0.3, -0.25) is 4.79 Å². The quantitative estimate of drug-likeness (QED) is 0.356. The van der Waals surface area contributed by atoms with E-state index in [4.69, 9.17) is 9.47 Å². The fourth-order valence-electron chi connectivity index (χ4n) is 3.58. The van der Waals surface area contributed by atoms with Gasteiger partial charge in [0.25, 0.3) is 0 Å². The van der Waals surface area contributed by atoms with Crippen molar-refractivity contribution in [1.82, 2.24) is 16.0 Å². The predicted octanol–water partition coefficient (Wildman–Crippen LogP) is 2.23. The van der Waals surface area contributed by atoms with Crippen LogP contribution in [0.5, 0.6) is 5.75 Å². The molecule has 0 spiro atoms. The van der Waals surface area contributed by atoms with Crippen molar-refractivity contribution in [3.05, 3.63) is 29.8 Å². The molecule has 1 aromatic carbocycles. The molecule has 0 saturated carbocycles. The standard InChI is InChI=1S/C21H31N3O4S/c1-15-6-8-16(9-7-15)28-13-12-27-11-10-22-19(25)5-3-2-4-18-20-17(14-29-18)23-21(26)24-20/h6-9,17-18,20H,2-5,10-14H2,1H3,(H,22,25)(H2,23,24,26)/t17-,18-,20-/m0/s1. The van der Waals surface area contributed by atoms with E-state index in [0.29, 0.717) is 38.0 Å². The van der Waals surface area contributed by atoms with Crippen LogP contribution in [0.3, 0.4) is 0 Å². The molecule has 29 heavy (non-hydrogen) atoms. The summed E-state index contributed by atoms with van der Waals surface area (Å²) in [6.45, 7) is 4.03. The van der Waals surface area contributed by atoms with Gasteiger partial charge in [0, 0.05) is 24.0 Å². The second-order valence-corrected chi connectivity index (χ2v) is 8.76. The van der Waals surface area contributed by atoms with Crippen LogP contribution in [0.15, 0.2) is 24.3 Å². The second kappa shape index (κ2) is 11.3. The fourth-order valence-corrected chi connectivity index (χ4v) is 5.12. The van der Waals surface area contributed by atoms with E-state index in [-0.39, 0.29) is 24.0 Å². The molecule has 0 unspecified atom stereocenters. The molecule has 0 bridgehead atoms. The first kappa shape index (κ1) is 21.8. The molecular weight excluding hydrogens is 390 g/mol. The summed E-state index contributed by atoms with van der Waals surface area (Å²) in [5, 5.41) is 9.30. The maximum atomic E-state index is 11.9. The number of amides is 3. The van der Waals surface area contributed by atoms with Crippen LogP contribution in [-0.2, 0) is 9.53 Å². The van der Waals surface area contributed by atoms with Crippen molar-refractivity contribution >= 4 is 23.7 Å². The summed E-state index contributed by atoms with van der Waals surface area (Å²) in [6, 6.07) is 8.38. The van der Waals surface area contributed by atoms with Crippen LogP contribution in [0.1, 0.15) is 31.2 Å². The third-order valence-corrected chi connectivity index (χ3v) is 6.68. The Labute approximate surface area is 176 Å². The molecule has 2 aliphatic heterocycles. The monoisotopic (exact) mass is 421 g/mol. The number of nitrogens with one attached hydrogen (secondary N) is 3. The van der Waals surface area contributed by atoms with Crippen molar-refractivity contribution in [3.8, 4) is 5.75 Å². The minimum absolute atomic E-state index is 0.0476. The third kappa shape index (κ3) is 7.12. The Hall–Kier alpha value is -1.93. The maximum absolute atomic E-state index is 11.9. The molecule has 8 heteroatoms. The minimum atomic E-state index is -0.0476. The van der Waals surface area contributed by atoms with Gasteiger partial charge in [0.15, 0.2) is 0 Å². The number of unbranched alkanes of at least 4 members (excludes halogenated alkanes) is 1. The molecule has 3 amide bonds. The Morgan fingerprint density at radius 2 is 2.00 bits per heavy atom. The zero-order chi connectivity index (χ0) is 20.5. The lowest BCUT2D eigenvalue weighted by Crippen LogP contribution is -2.36. The highest BCUT2D eigenvalue weighted by molar-refractivity contribution is 8.00. The van der Waals surface area contributed by atoms with E-state index < -0.39 is 0 Å². The highest BCUT2D eigenvalue weighted by Crippen LogP contribution is 2.33. The van der Waals surface area contributed by atoms with Crippen molar-refractivity contribution in [2.45, 2.75) is 49.9 Å². The predicted molar refractivity (Wildman–Crippen MR) is 114 cm³/mol. The molecule has 3 N–H and O–H groups in total. The number of rotatable bonds is 12. The summed E-state index contributed by atoms with van der Waals surface area (Å²) in [5.74, 6) is 1.88. The fraction of sp³-hybridized carbons (Fsp3) is 0.619. The molecule has 3 atom stereocenters. The lowest BCUT2D eigenvalue weighted by molar-refractivity contribution is -0.121. The van der Waals surface area contributed by atoms with Gasteiger partial charge in [-0.2, -0.15) is 11.8 Å². The van der Waals surface area contributed by atoms with E-state index >= 15 is 0 Å². The number of benzene rings is 1. The Bertz CT molecular complexity index is 670. The molecule has 3 rings (SSSR count). The molecule has 2 heterocycles. The molecule has 160 valence electrons. The first-order chi connectivity index (χ1) is 14.1. The van der Waals surface area contributed by atoms with Crippen LogP contribution in [0.25, 0.3) is 0 Å². The van der Waals surface area contributed by atoms with Crippen LogP contribution in [0.4, 0.5) is 4.79 Å². The Morgan fingerprint density at radius 3 is 2.83 bits per heavy atom. The number of aryl methyl sites for hydroxylation is 1. The lowest BCUT2D eigenvalue weighted by Gasteiger charge is -2.16. The van der Waals surface area contributed by atoms with E-state index in [1.165, 1.54) is 5.56 Å². The van der Waals surface area contributed by atoms with Crippen LogP contribution in [0.2, 0.25) is 0 Å². The summed E-state index contributed by atoms with van der Waals surface area (Å²) < 4.78 is 11.1. The first-order valence-electron chi connectivity index (χ1n) is 10.3. The van der Waals surface area contributed by atoms with Gasteiger partial charge in [-0.1, -0.05) is 24.1 Å². The van der Waals surface area contributed by atoms with Gasteiger partial charge in [0.1, 0.15) is 12.4 Å². The largest absolute Gasteiger partial charge is 0.491 e. The SMILES string of the molecule is Cc1ccc(OCCOCCNC(=O)CCCC[C@@H]2SC[C@@H]3NC(=O)N[C@@H]32)cc1. The van der Waals surface area contributed by atoms with Gasteiger partial charge < -0.3 is 25.4 Å². The molecule has 2 fully saturated rings. The van der Waals surface area contributed by atoms with Gasteiger partial charge >= 0.3 is 6.03 Å². The van der Waals surface area contributed by atoms with Crippen LogP contribution < -0.4 is 20.7 Å². The number of carbonyl (C=O) groups is 2. The second-order valence-electron chi connectivity index (χ2n) is 7.49. The van der Waals surface area contributed by atoms with E-state index in [1.54, 1.807) is 0 Å². The summed E-state index contributed by atoms with van der Waals surface area (Å²) >= 11 is 1.91. The van der Waals surface area contributed by atoms with Crippen molar-refractivity contribution in [2.24, 2.45) is 0 Å². The first-order valence-corrected chi connectivity index (χ1v) is 11.4. The highest BCUT2D eigenvalue weighted by atomic mass is 32.2. The van der Waals surface area contributed by atoms with E-state index in [9.17, 15) is 9.59 Å². The van der Waals surface area contributed by atoms with Crippen molar-refractivity contribution in [1.29, 1.82) is 0 Å². The number of hydrogen-bond donors (Lipinski definition) is 3. The average molecular weight is 422 g/mol. The van der Waals surface area contributed by atoms with Gasteiger partial charge in [-0.25, -0.2) is 4.79 Å².